The van der Waals surface area contributed by atoms with Crippen molar-refractivity contribution in [3.8, 4) is 0 Å². The highest BCUT2D eigenvalue weighted by atomic mass is 32.2. The van der Waals surface area contributed by atoms with Crippen LogP contribution < -0.4 is 4.72 Å². The number of nitrogens with zero attached hydrogens (tertiary/aromatic N) is 2. The number of likely N-dealkylation sites (tertiary alicyclic amines) is 1. The van der Waals surface area contributed by atoms with Gasteiger partial charge < -0.3 is 4.90 Å². The van der Waals surface area contributed by atoms with Gasteiger partial charge >= 0.3 is 0 Å². The highest BCUT2D eigenvalue weighted by Gasteiger charge is 2.35. The molecule has 0 spiro atoms. The van der Waals surface area contributed by atoms with E-state index in [1.807, 2.05) is 19.9 Å². The van der Waals surface area contributed by atoms with Crippen LogP contribution >= 0.6 is 0 Å². The van der Waals surface area contributed by atoms with Crippen LogP contribution in [-0.2, 0) is 14.8 Å². The summed E-state index contributed by atoms with van der Waals surface area (Å²) in [4.78, 5) is 31.5. The van der Waals surface area contributed by atoms with Crippen LogP contribution in [0.15, 0.2) is 46.3 Å². The zero-order chi connectivity index (χ0) is 21.5. The lowest BCUT2D eigenvalue weighted by Crippen LogP contribution is -2.39. The molecule has 1 amide bonds. The predicted molar refractivity (Wildman–Crippen MR) is 115 cm³/mol. The van der Waals surface area contributed by atoms with Crippen LogP contribution in [-0.4, -0.2) is 44.3 Å². The van der Waals surface area contributed by atoms with E-state index in [9.17, 15) is 18.0 Å². The van der Waals surface area contributed by atoms with Crippen molar-refractivity contribution >= 4 is 39.3 Å². The summed E-state index contributed by atoms with van der Waals surface area (Å²) in [5.41, 5.74) is 2.85. The molecule has 2 aliphatic heterocycles. The summed E-state index contributed by atoms with van der Waals surface area (Å²) < 4.78 is 28.4. The second-order valence-electron chi connectivity index (χ2n) is 7.81. The van der Waals surface area contributed by atoms with E-state index in [-0.39, 0.29) is 16.4 Å². The molecule has 8 heteroatoms. The molecule has 0 bridgehead atoms. The van der Waals surface area contributed by atoms with Crippen molar-refractivity contribution in [2.24, 2.45) is 10.9 Å². The number of hydrogen-bond donors (Lipinski definition) is 1. The second kappa shape index (κ2) is 7.68. The van der Waals surface area contributed by atoms with E-state index in [1.54, 1.807) is 17.0 Å². The van der Waals surface area contributed by atoms with Gasteiger partial charge in [0.05, 0.1) is 10.6 Å². The highest BCUT2D eigenvalue weighted by Crippen LogP contribution is 2.30. The summed E-state index contributed by atoms with van der Waals surface area (Å²) in [5, 5.41) is 0. The average molecular weight is 426 g/mol. The number of Topliss-reactive ketones (excluding diaryl/α,β-unsaturated/α-hetero) is 1. The Labute approximate surface area is 175 Å². The Morgan fingerprint density at radius 2 is 1.73 bits per heavy atom. The van der Waals surface area contributed by atoms with Gasteiger partial charge in [-0.2, -0.15) is 0 Å². The van der Waals surface area contributed by atoms with Crippen LogP contribution in [0, 0.1) is 19.8 Å². The van der Waals surface area contributed by atoms with E-state index in [4.69, 9.17) is 0 Å². The first kappa shape index (κ1) is 20.3. The molecule has 2 aliphatic rings. The van der Waals surface area contributed by atoms with Gasteiger partial charge in [0.15, 0.2) is 5.78 Å². The van der Waals surface area contributed by atoms with E-state index in [1.165, 1.54) is 24.4 Å². The third kappa shape index (κ3) is 3.87. The number of carbonyl (C=O) groups is 2. The summed E-state index contributed by atoms with van der Waals surface area (Å²) in [5.74, 6) is -1.69. The Morgan fingerprint density at radius 3 is 2.40 bits per heavy atom. The molecule has 1 atom stereocenters. The molecule has 2 aromatic carbocycles. The van der Waals surface area contributed by atoms with E-state index in [0.29, 0.717) is 24.5 Å². The number of hydrogen-bond acceptors (Lipinski definition) is 5. The van der Waals surface area contributed by atoms with Gasteiger partial charge in [0.1, 0.15) is 5.92 Å². The minimum Gasteiger partial charge on any atom is -0.342 e. The van der Waals surface area contributed by atoms with Gasteiger partial charge in [0.2, 0.25) is 5.91 Å². The number of carbonyl (C=O) groups excluding carboxylic acids is 2. The number of nitrogens with one attached hydrogen (secondary N) is 1. The lowest BCUT2D eigenvalue weighted by atomic mass is 9.93. The molecule has 0 aliphatic carbocycles. The molecule has 0 saturated carbocycles. The molecule has 1 N–H and O–H groups in total. The molecule has 2 heterocycles. The van der Waals surface area contributed by atoms with Crippen molar-refractivity contribution in [3.63, 3.8) is 0 Å². The lowest BCUT2D eigenvalue weighted by molar-refractivity contribution is -0.130. The van der Waals surface area contributed by atoms with Gasteiger partial charge in [-0.15, -0.1) is 0 Å². The summed E-state index contributed by atoms with van der Waals surface area (Å²) in [6, 6.07) is 9.65. The molecular weight excluding hydrogens is 402 g/mol. The summed E-state index contributed by atoms with van der Waals surface area (Å²) in [6.07, 6.45) is 3.22. The van der Waals surface area contributed by atoms with Gasteiger partial charge in [-0.05, 0) is 68.1 Å². The van der Waals surface area contributed by atoms with Gasteiger partial charge in [0.25, 0.3) is 10.0 Å². The third-order valence-corrected chi connectivity index (χ3v) is 6.73. The Morgan fingerprint density at radius 1 is 1.07 bits per heavy atom. The van der Waals surface area contributed by atoms with Gasteiger partial charge in [-0.25, -0.2) is 8.42 Å². The maximum Gasteiger partial charge on any atom is 0.261 e. The molecule has 30 heavy (non-hydrogen) atoms. The fourth-order valence-electron chi connectivity index (χ4n) is 3.94. The third-order valence-electron chi connectivity index (χ3n) is 5.35. The number of ketones is 1. The average Bonchev–Trinajstić information content (AvgIpc) is 3.21. The SMILES string of the molecule is Cc1cc(C)cc(NS(=O)(=O)c2ccc3c(c2)C(=O)C(C(=O)N2CCCC2)C=N3)c1. The van der Waals surface area contributed by atoms with Crippen LogP contribution in [0.5, 0.6) is 0 Å². The molecule has 2 aromatic rings. The molecule has 156 valence electrons. The molecule has 0 aromatic heterocycles. The largest absolute Gasteiger partial charge is 0.342 e. The monoisotopic (exact) mass is 425 g/mol. The molecule has 1 unspecified atom stereocenters. The molecule has 7 nitrogen and oxygen atoms in total. The maximum absolute atomic E-state index is 13.0. The normalized spacial score (nSPS) is 18.4. The number of aryl methyl sites for hydroxylation is 2. The second-order valence-corrected chi connectivity index (χ2v) is 9.50. The first-order chi connectivity index (χ1) is 14.2. The van der Waals surface area contributed by atoms with Gasteiger partial charge in [0, 0.05) is 30.6 Å². The number of anilines is 1. The topological polar surface area (TPSA) is 95.9 Å². The van der Waals surface area contributed by atoms with E-state index in [2.05, 4.69) is 9.71 Å². The summed E-state index contributed by atoms with van der Waals surface area (Å²) in [6.45, 7) is 5.05. The molecule has 1 saturated heterocycles. The predicted octanol–water partition coefficient (Wildman–Crippen LogP) is 3.24. The van der Waals surface area contributed by atoms with Crippen molar-refractivity contribution in [1.29, 1.82) is 0 Å². The zero-order valence-electron chi connectivity index (χ0n) is 16.9. The molecule has 1 fully saturated rings. The molecular formula is C22H23N3O4S. The van der Waals surface area contributed by atoms with E-state index < -0.39 is 21.7 Å². The van der Waals surface area contributed by atoms with Crippen LogP contribution in [0.2, 0.25) is 0 Å². The molecule has 4 rings (SSSR count). The zero-order valence-corrected chi connectivity index (χ0v) is 17.7. The number of sulfonamides is 1. The smallest absolute Gasteiger partial charge is 0.261 e. The number of rotatable bonds is 4. The molecule has 0 radical (unpaired) electrons. The minimum absolute atomic E-state index is 0.0433. The first-order valence-corrected chi connectivity index (χ1v) is 11.4. The standard InChI is InChI=1S/C22H23N3O4S/c1-14-9-15(2)11-16(10-14)24-30(28,29)17-5-6-20-18(12-17)21(26)19(13-23-20)22(27)25-7-3-4-8-25/h5-6,9-13,19,24H,3-4,7-8H2,1-2H3. The van der Waals surface area contributed by atoms with Crippen molar-refractivity contribution in [2.45, 2.75) is 31.6 Å². The number of amides is 1. The Hall–Kier alpha value is -3.00. The fourth-order valence-corrected chi connectivity index (χ4v) is 5.01. The quantitative estimate of drug-likeness (QED) is 0.761. The van der Waals surface area contributed by atoms with Crippen molar-refractivity contribution < 1.29 is 18.0 Å². The van der Waals surface area contributed by atoms with Crippen LogP contribution in [0.4, 0.5) is 11.4 Å². The van der Waals surface area contributed by atoms with Crippen LogP contribution in [0.1, 0.15) is 34.3 Å². The summed E-state index contributed by atoms with van der Waals surface area (Å²) >= 11 is 0. The summed E-state index contributed by atoms with van der Waals surface area (Å²) in [7, 11) is -3.91. The first-order valence-electron chi connectivity index (χ1n) is 9.87. The van der Waals surface area contributed by atoms with Gasteiger partial charge in [-0.3, -0.25) is 19.3 Å². The van der Waals surface area contributed by atoms with E-state index in [0.717, 1.165) is 24.0 Å². The Bertz CT molecular complexity index is 1140. The Kier molecular flexibility index (Phi) is 5.19. The van der Waals surface area contributed by atoms with Gasteiger partial charge in [-0.1, -0.05) is 6.07 Å². The maximum atomic E-state index is 13.0. The Balaban J connectivity index is 1.63. The number of fused-ring (bicyclic) bond motifs is 1. The highest BCUT2D eigenvalue weighted by molar-refractivity contribution is 7.92. The number of benzene rings is 2. The van der Waals surface area contributed by atoms with Crippen LogP contribution in [0.25, 0.3) is 0 Å². The van der Waals surface area contributed by atoms with Crippen LogP contribution in [0.3, 0.4) is 0 Å². The fraction of sp³-hybridized carbons (Fsp3) is 0.318. The number of aliphatic imine (C=N–C) groups is 1. The van der Waals surface area contributed by atoms with Crippen molar-refractivity contribution in [3.05, 3.63) is 53.1 Å². The lowest BCUT2D eigenvalue weighted by Gasteiger charge is -2.22. The van der Waals surface area contributed by atoms with Crippen molar-refractivity contribution in [1.82, 2.24) is 4.90 Å². The minimum atomic E-state index is -3.91. The van der Waals surface area contributed by atoms with Crippen molar-refractivity contribution in [2.75, 3.05) is 17.8 Å². The van der Waals surface area contributed by atoms with E-state index >= 15 is 0 Å².